The van der Waals surface area contributed by atoms with Gasteiger partial charge in [-0.05, 0) is 43.6 Å². The van der Waals surface area contributed by atoms with Crippen molar-refractivity contribution in [3.05, 3.63) is 34.8 Å². The second kappa shape index (κ2) is 6.43. The number of esters is 1. The molecular weight excluding hydrogens is 334 g/mol. The van der Waals surface area contributed by atoms with E-state index in [4.69, 9.17) is 4.74 Å². The minimum Gasteiger partial charge on any atom is -0.507 e. The Labute approximate surface area is 140 Å². The predicted molar refractivity (Wildman–Crippen MR) is 90.5 cm³/mol. The molecule has 8 heteroatoms. The molecule has 0 aliphatic carbocycles. The number of carbonyl (C=O) groups excluding carboxylic acids is 1. The molecule has 3 aromatic rings. The molecule has 6 nitrogen and oxygen atoms in total. The molecule has 0 radical (unpaired) electrons. The number of aryl methyl sites for hydroxylation is 1. The van der Waals surface area contributed by atoms with Crippen LogP contribution in [0.25, 0.3) is 10.1 Å². The molecule has 23 heavy (non-hydrogen) atoms. The van der Waals surface area contributed by atoms with E-state index < -0.39 is 5.97 Å². The molecule has 0 saturated heterocycles. The van der Waals surface area contributed by atoms with E-state index in [0.29, 0.717) is 20.8 Å². The lowest BCUT2D eigenvalue weighted by Crippen LogP contribution is -2.04. The summed E-state index contributed by atoms with van der Waals surface area (Å²) in [6.07, 6.45) is 1.63. The lowest BCUT2D eigenvalue weighted by molar-refractivity contribution is 0.0527. The monoisotopic (exact) mass is 347 g/mol. The molecule has 0 fully saturated rings. The molecule has 0 atom stereocenters. The van der Waals surface area contributed by atoms with Crippen LogP contribution in [0.3, 0.4) is 0 Å². The van der Waals surface area contributed by atoms with Crippen LogP contribution in [0.5, 0.6) is 5.75 Å². The third-order valence-corrected chi connectivity index (χ3v) is 4.74. The predicted octanol–water partition coefficient (Wildman–Crippen LogP) is 4.96. The molecule has 1 aromatic carbocycles. The minimum atomic E-state index is -0.533. The minimum absolute atomic E-state index is 0.0316. The van der Waals surface area contributed by atoms with Gasteiger partial charge < -0.3 is 9.84 Å². The van der Waals surface area contributed by atoms with Crippen molar-refractivity contribution < 1.29 is 14.6 Å². The quantitative estimate of drug-likeness (QED) is 0.534. The SMILES string of the molecule is CCOC(=O)c1cc(O)c2cc(C)sc2c1N=Nc1ccns1. The van der Waals surface area contributed by atoms with Crippen LogP contribution in [0.2, 0.25) is 0 Å². The Kier molecular flexibility index (Phi) is 4.35. The van der Waals surface area contributed by atoms with Crippen molar-refractivity contribution in [3.63, 3.8) is 0 Å². The summed E-state index contributed by atoms with van der Waals surface area (Å²) in [5, 5.41) is 19.8. The highest BCUT2D eigenvalue weighted by Gasteiger charge is 2.20. The zero-order valence-electron chi connectivity index (χ0n) is 12.4. The van der Waals surface area contributed by atoms with Crippen LogP contribution in [-0.2, 0) is 4.74 Å². The van der Waals surface area contributed by atoms with Gasteiger partial charge in [0.2, 0.25) is 0 Å². The van der Waals surface area contributed by atoms with Crippen molar-refractivity contribution in [2.24, 2.45) is 10.2 Å². The molecule has 0 aliphatic rings. The standard InChI is InChI=1S/C15H13N3O3S2/c1-3-21-15(20)10-7-11(19)9-6-8(2)22-14(9)13(10)18-17-12-4-5-16-23-12/h4-7,19H,3H2,1-2H3. The van der Waals surface area contributed by atoms with Crippen LogP contribution in [0.1, 0.15) is 22.2 Å². The van der Waals surface area contributed by atoms with E-state index in [1.54, 1.807) is 19.2 Å². The smallest absolute Gasteiger partial charge is 0.340 e. The number of benzene rings is 1. The first kappa shape index (κ1) is 15.6. The van der Waals surface area contributed by atoms with Crippen molar-refractivity contribution in [3.8, 4) is 5.75 Å². The van der Waals surface area contributed by atoms with Crippen molar-refractivity contribution in [1.82, 2.24) is 4.37 Å². The molecule has 0 saturated carbocycles. The van der Waals surface area contributed by atoms with E-state index in [1.165, 1.54) is 28.9 Å². The Hall–Kier alpha value is -2.32. The second-order valence-electron chi connectivity index (χ2n) is 4.66. The summed E-state index contributed by atoms with van der Waals surface area (Å²) in [6, 6.07) is 4.97. The van der Waals surface area contributed by atoms with Gasteiger partial charge in [-0.15, -0.1) is 21.6 Å². The van der Waals surface area contributed by atoms with Crippen LogP contribution >= 0.6 is 22.9 Å². The first-order chi connectivity index (χ1) is 11.1. The fourth-order valence-electron chi connectivity index (χ4n) is 2.11. The fraction of sp³-hybridized carbons (Fsp3) is 0.200. The number of phenols is 1. The molecule has 118 valence electrons. The molecule has 1 N–H and O–H groups in total. The van der Waals surface area contributed by atoms with Crippen LogP contribution in [0, 0.1) is 6.92 Å². The van der Waals surface area contributed by atoms with Crippen LogP contribution in [0.4, 0.5) is 10.7 Å². The molecule has 0 unspecified atom stereocenters. The summed E-state index contributed by atoms with van der Waals surface area (Å²) in [5.41, 5.74) is 0.606. The third kappa shape index (κ3) is 3.08. The number of phenolic OH excluding ortho intramolecular Hbond substituents is 1. The van der Waals surface area contributed by atoms with Crippen LogP contribution in [-0.4, -0.2) is 22.1 Å². The van der Waals surface area contributed by atoms with Gasteiger partial charge >= 0.3 is 5.97 Å². The summed E-state index contributed by atoms with van der Waals surface area (Å²) in [7, 11) is 0. The van der Waals surface area contributed by atoms with Gasteiger partial charge in [0.1, 0.15) is 11.4 Å². The van der Waals surface area contributed by atoms with Gasteiger partial charge in [-0.25, -0.2) is 4.79 Å². The van der Waals surface area contributed by atoms with Gasteiger partial charge in [-0.1, -0.05) is 0 Å². The van der Waals surface area contributed by atoms with E-state index in [2.05, 4.69) is 14.6 Å². The van der Waals surface area contributed by atoms with Gasteiger partial charge in [0, 0.05) is 16.5 Å². The van der Waals surface area contributed by atoms with E-state index >= 15 is 0 Å². The number of ether oxygens (including phenoxy) is 1. The number of aromatic hydroxyl groups is 1. The largest absolute Gasteiger partial charge is 0.507 e. The highest BCUT2D eigenvalue weighted by atomic mass is 32.1. The molecule has 0 bridgehead atoms. The maximum Gasteiger partial charge on any atom is 0.340 e. The molecule has 0 amide bonds. The summed E-state index contributed by atoms with van der Waals surface area (Å²) < 4.78 is 9.73. The molecule has 2 heterocycles. The zero-order chi connectivity index (χ0) is 16.4. The second-order valence-corrected chi connectivity index (χ2v) is 6.73. The van der Waals surface area contributed by atoms with Crippen LogP contribution in [0.15, 0.2) is 34.6 Å². The van der Waals surface area contributed by atoms with E-state index in [0.717, 1.165) is 4.88 Å². The Morgan fingerprint density at radius 3 is 2.91 bits per heavy atom. The van der Waals surface area contributed by atoms with E-state index in [1.807, 2.05) is 13.0 Å². The topological polar surface area (TPSA) is 84.1 Å². The Bertz CT molecular complexity index is 885. The average molecular weight is 347 g/mol. The molecule has 0 spiro atoms. The van der Waals surface area contributed by atoms with E-state index in [-0.39, 0.29) is 17.9 Å². The summed E-state index contributed by atoms with van der Waals surface area (Å²) >= 11 is 2.65. The number of hydrogen-bond acceptors (Lipinski definition) is 8. The average Bonchev–Trinajstić information content (AvgIpc) is 3.15. The fourth-order valence-corrected chi connectivity index (χ4v) is 3.56. The number of hydrogen-bond donors (Lipinski definition) is 1. The van der Waals surface area contributed by atoms with Gasteiger partial charge in [-0.3, -0.25) is 0 Å². The number of nitrogens with zero attached hydrogens (tertiary/aromatic N) is 3. The zero-order valence-corrected chi connectivity index (χ0v) is 14.1. The maximum atomic E-state index is 12.2. The first-order valence-corrected chi connectivity index (χ1v) is 8.44. The summed E-state index contributed by atoms with van der Waals surface area (Å²) in [5.74, 6) is -0.502. The highest BCUT2D eigenvalue weighted by molar-refractivity contribution is 7.19. The van der Waals surface area contributed by atoms with Crippen molar-refractivity contribution in [1.29, 1.82) is 0 Å². The lowest BCUT2D eigenvalue weighted by atomic mass is 10.1. The van der Waals surface area contributed by atoms with Crippen molar-refractivity contribution in [2.45, 2.75) is 13.8 Å². The van der Waals surface area contributed by atoms with Crippen LogP contribution < -0.4 is 0 Å². The Balaban J connectivity index is 2.20. The van der Waals surface area contributed by atoms with Gasteiger partial charge in [0.15, 0.2) is 5.00 Å². The number of carbonyl (C=O) groups is 1. The van der Waals surface area contributed by atoms with E-state index in [9.17, 15) is 9.90 Å². The normalized spacial score (nSPS) is 11.4. The summed E-state index contributed by atoms with van der Waals surface area (Å²) in [4.78, 5) is 13.2. The highest BCUT2D eigenvalue weighted by Crippen LogP contribution is 2.42. The Morgan fingerprint density at radius 2 is 2.22 bits per heavy atom. The molecule has 0 aliphatic heterocycles. The molecule has 2 aromatic heterocycles. The number of aromatic nitrogens is 1. The number of thiophene rings is 1. The van der Waals surface area contributed by atoms with Gasteiger partial charge in [0.05, 0.1) is 16.9 Å². The van der Waals surface area contributed by atoms with Crippen molar-refractivity contribution >= 4 is 49.6 Å². The number of rotatable bonds is 4. The number of azo groups is 1. The van der Waals surface area contributed by atoms with Gasteiger partial charge in [-0.2, -0.15) is 4.37 Å². The van der Waals surface area contributed by atoms with Gasteiger partial charge in [0.25, 0.3) is 0 Å². The molecular formula is C15H13N3O3S2. The summed E-state index contributed by atoms with van der Waals surface area (Å²) in [6.45, 7) is 3.90. The lowest BCUT2D eigenvalue weighted by Gasteiger charge is -2.07. The maximum absolute atomic E-state index is 12.2. The molecule has 3 rings (SSSR count). The Morgan fingerprint density at radius 1 is 1.39 bits per heavy atom. The first-order valence-electron chi connectivity index (χ1n) is 6.85. The van der Waals surface area contributed by atoms with Crippen molar-refractivity contribution in [2.75, 3.05) is 6.61 Å². The third-order valence-electron chi connectivity index (χ3n) is 3.05. The number of fused-ring (bicyclic) bond motifs is 1.